The van der Waals surface area contributed by atoms with Gasteiger partial charge in [0.05, 0.1) is 5.57 Å². The van der Waals surface area contributed by atoms with Crippen LogP contribution < -0.4 is 16.0 Å². The number of alkyl halides is 3. The van der Waals surface area contributed by atoms with Crippen LogP contribution in [0.3, 0.4) is 0 Å². The van der Waals surface area contributed by atoms with Gasteiger partial charge >= 0.3 is 6.18 Å². The molecule has 140 valence electrons. The van der Waals surface area contributed by atoms with E-state index in [1.54, 1.807) is 48.5 Å². The van der Waals surface area contributed by atoms with Crippen molar-refractivity contribution in [1.82, 2.24) is 10.6 Å². The Kier molecular flexibility index (Phi) is 5.16. The van der Waals surface area contributed by atoms with Gasteiger partial charge in [0.15, 0.2) is 0 Å². The second-order valence-electron chi connectivity index (χ2n) is 5.94. The Morgan fingerprint density at radius 3 is 2.44 bits per heavy atom. The molecule has 0 radical (unpaired) electrons. The molecule has 3 rings (SSSR count). The lowest BCUT2D eigenvalue weighted by Gasteiger charge is -2.18. The molecule has 3 N–H and O–H groups in total. The third-order valence-electron chi connectivity index (χ3n) is 3.91. The first-order chi connectivity index (χ1) is 12.8. The van der Waals surface area contributed by atoms with Crippen molar-refractivity contribution in [2.45, 2.75) is 12.7 Å². The average Bonchev–Trinajstić information content (AvgIpc) is 2.62. The highest BCUT2D eigenvalue weighted by Crippen LogP contribution is 2.23. The molecule has 5 nitrogen and oxygen atoms in total. The zero-order chi connectivity index (χ0) is 19.4. The van der Waals surface area contributed by atoms with E-state index in [1.807, 2.05) is 0 Å². The minimum atomic E-state index is -4.29. The van der Waals surface area contributed by atoms with Gasteiger partial charge in [-0.3, -0.25) is 14.9 Å². The van der Waals surface area contributed by atoms with Gasteiger partial charge in [-0.15, -0.1) is 0 Å². The van der Waals surface area contributed by atoms with Crippen molar-refractivity contribution >= 4 is 23.1 Å². The van der Waals surface area contributed by atoms with Crippen LogP contribution in [0.15, 0.2) is 54.7 Å². The molecule has 2 amide bonds. The van der Waals surface area contributed by atoms with Crippen LogP contribution in [-0.2, 0) is 11.3 Å². The van der Waals surface area contributed by atoms with Gasteiger partial charge in [0.2, 0.25) is 0 Å². The predicted molar refractivity (Wildman–Crippen MR) is 94.7 cm³/mol. The van der Waals surface area contributed by atoms with E-state index in [1.165, 1.54) is 6.20 Å². The number of imide groups is 1. The zero-order valence-electron chi connectivity index (χ0n) is 14.1. The van der Waals surface area contributed by atoms with Gasteiger partial charge in [-0.1, -0.05) is 30.3 Å². The molecule has 0 saturated heterocycles. The molecule has 1 heterocycles. The highest BCUT2D eigenvalue weighted by atomic mass is 19.4. The average molecular weight is 375 g/mol. The molecule has 0 bridgehead atoms. The van der Waals surface area contributed by atoms with Crippen molar-refractivity contribution in [2.24, 2.45) is 0 Å². The molecular weight excluding hydrogens is 359 g/mol. The number of rotatable bonds is 5. The minimum Gasteiger partial charge on any atom is -0.386 e. The summed E-state index contributed by atoms with van der Waals surface area (Å²) >= 11 is 0. The number of nitrogens with one attached hydrogen (secondary N) is 3. The highest BCUT2D eigenvalue weighted by molar-refractivity contribution is 6.30. The van der Waals surface area contributed by atoms with Gasteiger partial charge in [-0.25, -0.2) is 0 Å². The molecule has 1 aliphatic rings. The Labute approximate surface area is 153 Å². The Morgan fingerprint density at radius 1 is 0.963 bits per heavy atom. The largest absolute Gasteiger partial charge is 0.405 e. The maximum atomic E-state index is 12.3. The molecule has 2 aromatic carbocycles. The van der Waals surface area contributed by atoms with Crippen LogP contribution >= 0.6 is 0 Å². The van der Waals surface area contributed by atoms with Crippen molar-refractivity contribution in [1.29, 1.82) is 0 Å². The molecule has 8 heteroatoms. The maximum Gasteiger partial charge on any atom is 0.405 e. The molecular formula is C19H16F3N3O2. The summed E-state index contributed by atoms with van der Waals surface area (Å²) in [7, 11) is 0. The molecule has 0 fully saturated rings. The second-order valence-corrected chi connectivity index (χ2v) is 5.94. The van der Waals surface area contributed by atoms with E-state index < -0.39 is 24.5 Å². The van der Waals surface area contributed by atoms with E-state index in [0.717, 1.165) is 5.56 Å². The van der Waals surface area contributed by atoms with Crippen LogP contribution in [0.1, 0.15) is 21.5 Å². The van der Waals surface area contributed by atoms with Crippen LogP contribution in [0, 0.1) is 0 Å². The summed E-state index contributed by atoms with van der Waals surface area (Å²) < 4.78 is 36.9. The first kappa shape index (κ1) is 18.5. The normalized spacial score (nSPS) is 15.3. The maximum absolute atomic E-state index is 12.3. The lowest BCUT2D eigenvalue weighted by Crippen LogP contribution is -2.36. The van der Waals surface area contributed by atoms with Crippen LogP contribution in [0.25, 0.3) is 5.57 Å². The fraction of sp³-hybridized carbons (Fsp3) is 0.158. The number of amides is 2. The fourth-order valence-corrected chi connectivity index (χ4v) is 2.68. The number of hydrogen-bond acceptors (Lipinski definition) is 4. The Bertz CT molecular complexity index is 907. The van der Waals surface area contributed by atoms with E-state index in [4.69, 9.17) is 0 Å². The molecule has 1 aliphatic heterocycles. The first-order valence-electron chi connectivity index (χ1n) is 8.12. The SMILES string of the molecule is O=C1NC(=O)c2ccccc2C1=CNCc1cccc(NCC(F)(F)F)c1. The number of carbonyl (C=O) groups excluding carboxylic acids is 2. The van der Waals surface area contributed by atoms with Gasteiger partial charge in [0, 0.05) is 29.6 Å². The van der Waals surface area contributed by atoms with Gasteiger partial charge in [0.25, 0.3) is 11.8 Å². The standard InChI is InChI=1S/C19H16F3N3O2/c20-19(21,22)11-24-13-5-3-4-12(8-13)9-23-10-16-14-6-1-2-7-15(14)17(26)25-18(16)27/h1-8,10,23-24H,9,11H2,(H,25,26,27). The van der Waals surface area contributed by atoms with Crippen LogP contribution in [0.2, 0.25) is 0 Å². The van der Waals surface area contributed by atoms with Gasteiger partial charge in [0.1, 0.15) is 6.54 Å². The Morgan fingerprint density at radius 2 is 1.70 bits per heavy atom. The monoisotopic (exact) mass is 375 g/mol. The van der Waals surface area contributed by atoms with Gasteiger partial charge in [-0.2, -0.15) is 13.2 Å². The van der Waals surface area contributed by atoms with Gasteiger partial charge < -0.3 is 10.6 Å². The fourth-order valence-electron chi connectivity index (χ4n) is 2.68. The minimum absolute atomic E-state index is 0.300. The van der Waals surface area contributed by atoms with E-state index >= 15 is 0 Å². The molecule has 0 aliphatic carbocycles. The van der Waals surface area contributed by atoms with Crippen molar-refractivity contribution < 1.29 is 22.8 Å². The molecule has 27 heavy (non-hydrogen) atoms. The molecule has 0 unspecified atom stereocenters. The van der Waals surface area contributed by atoms with Crippen molar-refractivity contribution in [3.8, 4) is 0 Å². The third kappa shape index (κ3) is 4.66. The zero-order valence-corrected chi connectivity index (χ0v) is 14.1. The molecule has 0 aromatic heterocycles. The van der Waals surface area contributed by atoms with Crippen LogP contribution in [0.5, 0.6) is 0 Å². The number of benzene rings is 2. The Hall–Kier alpha value is -3.29. The third-order valence-corrected chi connectivity index (χ3v) is 3.91. The van der Waals surface area contributed by atoms with Crippen LogP contribution in [0.4, 0.5) is 18.9 Å². The molecule has 0 spiro atoms. The summed E-state index contributed by atoms with van der Waals surface area (Å²) in [5, 5.41) is 7.56. The van der Waals surface area contributed by atoms with Crippen molar-refractivity contribution in [3.63, 3.8) is 0 Å². The number of halogens is 3. The number of carbonyl (C=O) groups is 2. The number of fused-ring (bicyclic) bond motifs is 1. The summed E-state index contributed by atoms with van der Waals surface area (Å²) in [6, 6.07) is 13.3. The number of hydrogen-bond donors (Lipinski definition) is 3. The smallest absolute Gasteiger partial charge is 0.386 e. The van der Waals surface area contributed by atoms with E-state index in [2.05, 4.69) is 16.0 Å². The van der Waals surface area contributed by atoms with E-state index in [0.29, 0.717) is 28.9 Å². The second kappa shape index (κ2) is 7.53. The summed E-state index contributed by atoms with van der Waals surface area (Å²) in [4.78, 5) is 23.9. The summed E-state index contributed by atoms with van der Waals surface area (Å²) in [6.07, 6.45) is -2.80. The van der Waals surface area contributed by atoms with Crippen molar-refractivity contribution in [3.05, 3.63) is 71.4 Å². The van der Waals surface area contributed by atoms with Crippen LogP contribution in [-0.4, -0.2) is 24.5 Å². The number of anilines is 1. The lowest BCUT2D eigenvalue weighted by molar-refractivity contribution is -0.115. The highest BCUT2D eigenvalue weighted by Gasteiger charge is 2.27. The Balaban J connectivity index is 1.70. The summed E-state index contributed by atoms with van der Waals surface area (Å²) in [5.74, 6) is -0.956. The van der Waals surface area contributed by atoms with E-state index in [-0.39, 0.29) is 0 Å². The summed E-state index contributed by atoms with van der Waals surface area (Å²) in [5.41, 5.74) is 2.34. The predicted octanol–water partition coefficient (Wildman–Crippen LogP) is 3.06. The molecule has 2 aromatic rings. The molecule has 0 atom stereocenters. The quantitative estimate of drug-likeness (QED) is 0.555. The first-order valence-corrected chi connectivity index (χ1v) is 8.12. The lowest BCUT2D eigenvalue weighted by atomic mass is 9.96. The molecule has 0 saturated carbocycles. The van der Waals surface area contributed by atoms with Gasteiger partial charge in [-0.05, 0) is 23.8 Å². The van der Waals surface area contributed by atoms with Crippen molar-refractivity contribution in [2.75, 3.05) is 11.9 Å². The van der Waals surface area contributed by atoms with E-state index in [9.17, 15) is 22.8 Å². The topological polar surface area (TPSA) is 70.2 Å². The summed E-state index contributed by atoms with van der Waals surface area (Å²) in [6.45, 7) is -0.812.